The summed E-state index contributed by atoms with van der Waals surface area (Å²) in [5, 5.41) is 0. The van der Waals surface area contributed by atoms with E-state index in [-0.39, 0.29) is 0 Å². The van der Waals surface area contributed by atoms with Crippen LogP contribution in [0.25, 0.3) is 0 Å². The Morgan fingerprint density at radius 1 is 1.30 bits per heavy atom. The molecule has 0 nitrogen and oxygen atoms in total. The molecule has 10 heavy (non-hydrogen) atoms. The van der Waals surface area contributed by atoms with Gasteiger partial charge in [-0.15, -0.1) is 0 Å². The van der Waals surface area contributed by atoms with Crippen molar-refractivity contribution in [2.75, 3.05) is 0 Å². The average molecular weight is 207 g/mol. The summed E-state index contributed by atoms with van der Waals surface area (Å²) in [6, 6.07) is 0. The van der Waals surface area contributed by atoms with Gasteiger partial charge >= 0.3 is 0 Å². The van der Waals surface area contributed by atoms with Crippen LogP contribution in [0.15, 0.2) is 0 Å². The highest BCUT2D eigenvalue weighted by molar-refractivity contribution is 9.09. The van der Waals surface area contributed by atoms with Gasteiger partial charge in [0.1, 0.15) is 0 Å². The number of halogens is 1. The van der Waals surface area contributed by atoms with Crippen LogP contribution in [0, 0.1) is 5.41 Å². The van der Waals surface area contributed by atoms with Gasteiger partial charge in [0.2, 0.25) is 0 Å². The summed E-state index contributed by atoms with van der Waals surface area (Å²) >= 11 is 3.54. The molecule has 0 unspecified atom stereocenters. The molecule has 0 saturated heterocycles. The van der Waals surface area contributed by atoms with Crippen LogP contribution in [0.3, 0.4) is 0 Å². The Labute approximate surface area is 73.5 Å². The molecule has 1 heteroatoms. The molecule has 0 bridgehead atoms. The van der Waals surface area contributed by atoms with Crippen molar-refractivity contribution >= 4 is 15.9 Å². The molecule has 0 rings (SSSR count). The van der Waals surface area contributed by atoms with E-state index in [1.165, 1.54) is 19.3 Å². The first kappa shape index (κ1) is 10.5. The van der Waals surface area contributed by atoms with Crippen molar-refractivity contribution in [2.45, 2.75) is 51.8 Å². The third-order valence-corrected chi connectivity index (χ3v) is 1.99. The summed E-state index contributed by atoms with van der Waals surface area (Å²) < 4.78 is 0. The van der Waals surface area contributed by atoms with E-state index in [1.807, 2.05) is 0 Å². The molecular weight excluding hydrogens is 188 g/mol. The second kappa shape index (κ2) is 4.38. The Hall–Kier alpha value is 0.480. The molecule has 0 spiro atoms. The zero-order valence-electron chi connectivity index (χ0n) is 7.58. The molecule has 0 aliphatic rings. The minimum atomic E-state index is 0.516. The average Bonchev–Trinajstić information content (AvgIpc) is 1.59. The van der Waals surface area contributed by atoms with Gasteiger partial charge in [-0.2, -0.15) is 0 Å². The Bertz CT molecular complexity index is 79.2. The molecule has 0 aromatic heterocycles. The summed E-state index contributed by atoms with van der Waals surface area (Å²) in [5.74, 6) is 0. The number of rotatable bonds is 3. The third kappa shape index (κ3) is 8.48. The lowest BCUT2D eigenvalue weighted by molar-refractivity contribution is 0.361. The summed E-state index contributed by atoms with van der Waals surface area (Å²) in [4.78, 5) is 0.690. The molecular formula is C9H19Br. The molecule has 0 amide bonds. The van der Waals surface area contributed by atoms with E-state index in [2.05, 4.69) is 43.6 Å². The molecule has 62 valence electrons. The predicted molar refractivity (Wildman–Crippen MR) is 51.7 cm³/mol. The van der Waals surface area contributed by atoms with Crippen molar-refractivity contribution in [3.8, 4) is 0 Å². The molecule has 0 aliphatic heterocycles. The van der Waals surface area contributed by atoms with Crippen LogP contribution in [0.4, 0.5) is 0 Å². The molecule has 0 aromatic carbocycles. The highest BCUT2D eigenvalue weighted by Crippen LogP contribution is 2.22. The van der Waals surface area contributed by atoms with E-state index in [9.17, 15) is 0 Å². The van der Waals surface area contributed by atoms with Gasteiger partial charge in [-0.1, -0.05) is 50.0 Å². The first-order valence-corrected chi connectivity index (χ1v) is 4.97. The van der Waals surface area contributed by atoms with Crippen molar-refractivity contribution in [1.82, 2.24) is 0 Å². The van der Waals surface area contributed by atoms with E-state index in [0.29, 0.717) is 10.2 Å². The highest BCUT2D eigenvalue weighted by Gasteiger charge is 2.09. The van der Waals surface area contributed by atoms with Gasteiger partial charge in [0.15, 0.2) is 0 Å². The maximum Gasteiger partial charge on any atom is 0.0117 e. The fraction of sp³-hybridized carbons (Fsp3) is 1.00. The largest absolute Gasteiger partial charge is 0.0894 e. The van der Waals surface area contributed by atoms with Gasteiger partial charge in [-0.25, -0.2) is 0 Å². The van der Waals surface area contributed by atoms with Crippen LogP contribution in [0.1, 0.15) is 47.0 Å². The van der Waals surface area contributed by atoms with Crippen LogP contribution in [0.5, 0.6) is 0 Å². The lowest BCUT2D eigenvalue weighted by Crippen LogP contribution is -2.05. The monoisotopic (exact) mass is 206 g/mol. The number of hydrogen-bond donors (Lipinski definition) is 0. The van der Waals surface area contributed by atoms with E-state index in [4.69, 9.17) is 0 Å². The third-order valence-electron chi connectivity index (χ3n) is 1.53. The van der Waals surface area contributed by atoms with Gasteiger partial charge in [-0.3, -0.25) is 0 Å². The van der Waals surface area contributed by atoms with Crippen molar-refractivity contribution in [1.29, 1.82) is 0 Å². The molecule has 0 aromatic rings. The molecule has 0 heterocycles. The Morgan fingerprint density at radius 2 is 1.80 bits per heavy atom. The standard InChI is InChI=1S/C9H19Br/c1-8(10)6-5-7-9(2,3)4/h8H,5-7H2,1-4H3/t8-/m1/s1. The van der Waals surface area contributed by atoms with Crippen LogP contribution >= 0.6 is 15.9 Å². The Kier molecular flexibility index (Phi) is 4.59. The molecule has 0 N–H and O–H groups in total. The van der Waals surface area contributed by atoms with Gasteiger partial charge in [0.25, 0.3) is 0 Å². The van der Waals surface area contributed by atoms with Crippen LogP contribution in [-0.2, 0) is 0 Å². The van der Waals surface area contributed by atoms with Crippen LogP contribution in [0.2, 0.25) is 0 Å². The van der Waals surface area contributed by atoms with Gasteiger partial charge < -0.3 is 0 Å². The Balaban J connectivity index is 3.21. The maximum absolute atomic E-state index is 3.54. The second-order valence-corrected chi connectivity index (χ2v) is 5.80. The van der Waals surface area contributed by atoms with Crippen molar-refractivity contribution in [3.63, 3.8) is 0 Å². The van der Waals surface area contributed by atoms with Crippen molar-refractivity contribution in [3.05, 3.63) is 0 Å². The molecule has 0 aliphatic carbocycles. The first-order chi connectivity index (χ1) is 4.42. The maximum atomic E-state index is 3.54. The first-order valence-electron chi connectivity index (χ1n) is 4.06. The number of hydrogen-bond acceptors (Lipinski definition) is 0. The van der Waals surface area contributed by atoms with Gasteiger partial charge in [0, 0.05) is 4.83 Å². The smallest absolute Gasteiger partial charge is 0.0117 e. The fourth-order valence-electron chi connectivity index (χ4n) is 0.914. The highest BCUT2D eigenvalue weighted by atomic mass is 79.9. The van der Waals surface area contributed by atoms with E-state index < -0.39 is 0 Å². The summed E-state index contributed by atoms with van der Waals surface area (Å²) in [6.07, 6.45) is 3.98. The zero-order valence-corrected chi connectivity index (χ0v) is 9.16. The van der Waals surface area contributed by atoms with E-state index >= 15 is 0 Å². The number of alkyl halides is 1. The van der Waals surface area contributed by atoms with Crippen LogP contribution < -0.4 is 0 Å². The molecule has 0 saturated carbocycles. The van der Waals surface area contributed by atoms with Crippen molar-refractivity contribution < 1.29 is 0 Å². The molecule has 1 atom stereocenters. The Morgan fingerprint density at radius 3 is 2.10 bits per heavy atom. The van der Waals surface area contributed by atoms with Gasteiger partial charge in [0.05, 0.1) is 0 Å². The summed E-state index contributed by atoms with van der Waals surface area (Å²) in [6.45, 7) is 9.10. The lowest BCUT2D eigenvalue weighted by atomic mass is 9.90. The van der Waals surface area contributed by atoms with E-state index in [0.717, 1.165) is 0 Å². The van der Waals surface area contributed by atoms with E-state index in [1.54, 1.807) is 0 Å². The predicted octanol–water partition coefficient (Wildman–Crippen LogP) is 3.99. The van der Waals surface area contributed by atoms with Crippen LogP contribution in [-0.4, -0.2) is 4.83 Å². The molecule has 0 radical (unpaired) electrons. The summed E-state index contributed by atoms with van der Waals surface area (Å²) in [5.41, 5.74) is 0.516. The fourth-order valence-corrected chi connectivity index (χ4v) is 1.24. The molecule has 0 fully saturated rings. The normalized spacial score (nSPS) is 15.3. The van der Waals surface area contributed by atoms with Gasteiger partial charge in [-0.05, 0) is 18.3 Å². The second-order valence-electron chi connectivity index (χ2n) is 4.23. The quantitative estimate of drug-likeness (QED) is 0.614. The SMILES string of the molecule is C[C@@H](Br)CCCC(C)(C)C. The summed E-state index contributed by atoms with van der Waals surface area (Å²) in [7, 11) is 0. The zero-order chi connectivity index (χ0) is 8.20. The minimum absolute atomic E-state index is 0.516. The minimum Gasteiger partial charge on any atom is -0.0894 e. The topological polar surface area (TPSA) is 0 Å². The lowest BCUT2D eigenvalue weighted by Gasteiger charge is -2.17. The van der Waals surface area contributed by atoms with Crippen molar-refractivity contribution in [2.24, 2.45) is 5.41 Å².